The van der Waals surface area contributed by atoms with Crippen LogP contribution in [0.4, 0.5) is 10.2 Å². The molecule has 0 saturated carbocycles. The number of hydrogen-bond acceptors (Lipinski definition) is 4. The van der Waals surface area contributed by atoms with Crippen LogP contribution in [0.2, 0.25) is 5.02 Å². The van der Waals surface area contributed by atoms with Gasteiger partial charge in [0.2, 0.25) is 0 Å². The number of benzene rings is 2. The number of carbonyl (C=O) groups is 1. The van der Waals surface area contributed by atoms with Crippen molar-refractivity contribution in [2.24, 2.45) is 0 Å². The fraction of sp³-hybridized carbons (Fsp3) is 0.0417. The van der Waals surface area contributed by atoms with Crippen LogP contribution in [-0.2, 0) is 6.54 Å². The fourth-order valence-electron chi connectivity index (χ4n) is 3.47. The summed E-state index contributed by atoms with van der Waals surface area (Å²) in [5, 5.41) is 14.8. The van der Waals surface area contributed by atoms with Gasteiger partial charge < -0.3 is 10.2 Å². The number of pyridine rings is 1. The van der Waals surface area contributed by atoms with Crippen molar-refractivity contribution < 1.29 is 9.18 Å². The first-order chi connectivity index (χ1) is 16.5. The van der Waals surface area contributed by atoms with E-state index in [1.165, 1.54) is 12.3 Å². The largest absolute Gasteiger partial charge is 0.359 e. The summed E-state index contributed by atoms with van der Waals surface area (Å²) >= 11 is 6.05. The molecule has 0 aliphatic rings. The average Bonchev–Trinajstić information content (AvgIpc) is 3.52. The van der Waals surface area contributed by atoms with Gasteiger partial charge in [-0.25, -0.2) is 9.07 Å². The Hall–Kier alpha value is -4.55. The van der Waals surface area contributed by atoms with Crippen LogP contribution in [0.5, 0.6) is 0 Å². The van der Waals surface area contributed by atoms with E-state index in [0.29, 0.717) is 27.9 Å². The highest BCUT2D eigenvalue weighted by atomic mass is 35.5. The molecule has 2 N–H and O–H groups in total. The molecule has 0 bridgehead atoms. The second-order valence-corrected chi connectivity index (χ2v) is 7.85. The Morgan fingerprint density at radius 1 is 1.15 bits per heavy atom. The summed E-state index contributed by atoms with van der Waals surface area (Å²) in [6.07, 6.45) is 6.44. The van der Waals surface area contributed by atoms with E-state index in [0.717, 1.165) is 10.9 Å². The summed E-state index contributed by atoms with van der Waals surface area (Å²) in [6, 6.07) is 11.6. The van der Waals surface area contributed by atoms with Crippen LogP contribution in [-0.4, -0.2) is 30.9 Å². The molecule has 0 unspecified atom stereocenters. The maximum absolute atomic E-state index is 14.8. The zero-order valence-corrected chi connectivity index (χ0v) is 18.2. The van der Waals surface area contributed by atoms with Crippen LogP contribution in [0.15, 0.2) is 67.3 Å². The molecule has 166 valence electrons. The minimum absolute atomic E-state index is 0.0468. The van der Waals surface area contributed by atoms with Crippen LogP contribution in [0.25, 0.3) is 32.6 Å². The Morgan fingerprint density at radius 2 is 2.03 bits per heavy atom. The third-order valence-corrected chi connectivity index (χ3v) is 5.57. The first kappa shape index (κ1) is 21.3. The SMILES string of the molecule is [C-]#[N+]c1ncc(-n2cc(-c3ccc(CNC(=O)c4ccc5[nH]ncc5c4)c(F)c3)cn2)cc1Cl. The van der Waals surface area contributed by atoms with Gasteiger partial charge in [-0.2, -0.15) is 10.2 Å². The van der Waals surface area contributed by atoms with E-state index in [-0.39, 0.29) is 23.3 Å². The number of halogens is 2. The average molecular weight is 472 g/mol. The molecule has 5 rings (SSSR count). The number of nitrogens with one attached hydrogen (secondary N) is 2. The van der Waals surface area contributed by atoms with E-state index in [1.54, 1.807) is 59.7 Å². The van der Waals surface area contributed by atoms with Gasteiger partial charge in [-0.1, -0.05) is 30.3 Å². The lowest BCUT2D eigenvalue weighted by atomic mass is 10.1. The second kappa shape index (κ2) is 8.77. The molecule has 5 aromatic rings. The number of H-pyrrole nitrogens is 1. The number of aromatic amines is 1. The van der Waals surface area contributed by atoms with Crippen molar-refractivity contribution in [3.63, 3.8) is 0 Å². The van der Waals surface area contributed by atoms with Crippen molar-refractivity contribution >= 4 is 34.2 Å². The van der Waals surface area contributed by atoms with Crippen LogP contribution in [0, 0.1) is 12.4 Å². The first-order valence-electron chi connectivity index (χ1n) is 10.1. The van der Waals surface area contributed by atoms with Crippen molar-refractivity contribution in [1.29, 1.82) is 0 Å². The van der Waals surface area contributed by atoms with E-state index in [1.807, 2.05) is 0 Å². The molecule has 0 saturated heterocycles. The number of hydrogen-bond donors (Lipinski definition) is 2. The van der Waals surface area contributed by atoms with E-state index >= 15 is 0 Å². The molecule has 0 fully saturated rings. The van der Waals surface area contributed by atoms with Gasteiger partial charge in [-0.05, 0) is 35.9 Å². The monoisotopic (exact) mass is 471 g/mol. The predicted molar refractivity (Wildman–Crippen MR) is 125 cm³/mol. The Morgan fingerprint density at radius 3 is 2.82 bits per heavy atom. The van der Waals surface area contributed by atoms with Gasteiger partial charge in [0.05, 0.1) is 22.9 Å². The number of fused-ring (bicyclic) bond motifs is 1. The molecule has 0 aliphatic carbocycles. The van der Waals surface area contributed by atoms with Gasteiger partial charge in [-0.3, -0.25) is 9.89 Å². The van der Waals surface area contributed by atoms with Crippen LogP contribution >= 0.6 is 11.6 Å². The molecular weight excluding hydrogens is 457 g/mol. The maximum Gasteiger partial charge on any atom is 0.288 e. The summed E-state index contributed by atoms with van der Waals surface area (Å²) in [6.45, 7) is 7.07. The molecule has 0 spiro atoms. The molecule has 34 heavy (non-hydrogen) atoms. The van der Waals surface area contributed by atoms with Gasteiger partial charge in [0, 0.05) is 34.8 Å². The summed E-state index contributed by atoms with van der Waals surface area (Å²) in [7, 11) is 0. The van der Waals surface area contributed by atoms with Crippen molar-refractivity contribution in [2.45, 2.75) is 6.54 Å². The molecule has 3 heterocycles. The third kappa shape index (κ3) is 4.10. The van der Waals surface area contributed by atoms with Crippen LogP contribution in [0.1, 0.15) is 15.9 Å². The molecule has 3 aromatic heterocycles. The molecule has 1 amide bonds. The topological polar surface area (TPSA) is 92.8 Å². The zero-order chi connectivity index (χ0) is 23.7. The molecule has 0 atom stereocenters. The van der Waals surface area contributed by atoms with E-state index < -0.39 is 5.82 Å². The Kier molecular flexibility index (Phi) is 5.49. The smallest absolute Gasteiger partial charge is 0.288 e. The Labute approximate surface area is 197 Å². The number of aromatic nitrogens is 5. The highest BCUT2D eigenvalue weighted by molar-refractivity contribution is 6.33. The minimum Gasteiger partial charge on any atom is -0.359 e. The lowest BCUT2D eigenvalue weighted by Crippen LogP contribution is -2.23. The van der Waals surface area contributed by atoms with Crippen molar-refractivity contribution in [2.75, 3.05) is 0 Å². The molecule has 10 heteroatoms. The predicted octanol–water partition coefficient (Wildman–Crippen LogP) is 5.08. The zero-order valence-electron chi connectivity index (χ0n) is 17.5. The van der Waals surface area contributed by atoms with Crippen molar-refractivity contribution in [3.05, 3.63) is 101 Å². The van der Waals surface area contributed by atoms with E-state index in [2.05, 4.69) is 30.4 Å². The lowest BCUT2D eigenvalue weighted by Gasteiger charge is -2.08. The van der Waals surface area contributed by atoms with Gasteiger partial charge in [0.25, 0.3) is 11.7 Å². The number of carbonyl (C=O) groups excluding carboxylic acids is 1. The van der Waals surface area contributed by atoms with Gasteiger partial charge in [-0.15, -0.1) is 4.98 Å². The number of amides is 1. The second-order valence-electron chi connectivity index (χ2n) is 7.45. The lowest BCUT2D eigenvalue weighted by molar-refractivity contribution is 0.0950. The first-order valence-corrected chi connectivity index (χ1v) is 10.5. The van der Waals surface area contributed by atoms with E-state index in [4.69, 9.17) is 18.2 Å². The summed E-state index contributed by atoms with van der Waals surface area (Å²) < 4.78 is 16.3. The summed E-state index contributed by atoms with van der Waals surface area (Å²) in [5.74, 6) is -0.629. The number of rotatable bonds is 5. The van der Waals surface area contributed by atoms with Crippen LogP contribution in [0.3, 0.4) is 0 Å². The van der Waals surface area contributed by atoms with Crippen LogP contribution < -0.4 is 5.32 Å². The molecule has 0 radical (unpaired) electrons. The van der Waals surface area contributed by atoms with Gasteiger partial charge >= 0.3 is 0 Å². The van der Waals surface area contributed by atoms with Gasteiger partial charge in [0.1, 0.15) is 17.7 Å². The third-order valence-electron chi connectivity index (χ3n) is 5.29. The standard InChI is InChI=1S/C24H15ClFN7O/c1-27-23-20(25)8-19(12-28-23)33-13-18(11-31-33)14-2-3-16(21(26)7-14)9-29-24(34)15-4-5-22-17(6-15)10-30-32-22/h2-8,10-13H,9H2,(H,29,34)(H,30,32). The minimum atomic E-state index is -0.443. The summed E-state index contributed by atoms with van der Waals surface area (Å²) in [4.78, 5) is 19.7. The number of nitrogens with zero attached hydrogens (tertiary/aromatic N) is 5. The van der Waals surface area contributed by atoms with E-state index in [9.17, 15) is 9.18 Å². The highest BCUT2D eigenvalue weighted by Crippen LogP contribution is 2.26. The van der Waals surface area contributed by atoms with Gasteiger partial charge in [0.15, 0.2) is 0 Å². The molecule has 0 aliphatic heterocycles. The van der Waals surface area contributed by atoms with Crippen molar-refractivity contribution in [1.82, 2.24) is 30.3 Å². The summed E-state index contributed by atoms with van der Waals surface area (Å²) in [5.41, 5.74) is 3.56. The Balaban J connectivity index is 1.29. The quantitative estimate of drug-likeness (QED) is 0.349. The normalized spacial score (nSPS) is 10.9. The highest BCUT2D eigenvalue weighted by Gasteiger charge is 2.12. The fourth-order valence-corrected chi connectivity index (χ4v) is 3.68. The molecule has 8 nitrogen and oxygen atoms in total. The maximum atomic E-state index is 14.8. The Bertz CT molecular complexity index is 1580. The molecule has 2 aromatic carbocycles. The van der Waals surface area contributed by atoms with Crippen molar-refractivity contribution in [3.8, 4) is 16.8 Å². The molecular formula is C24H15ClFN7O.